The number of piperidine rings is 1. The molecule has 2 aliphatic rings. The molecule has 1 aromatic rings. The molecule has 23 heavy (non-hydrogen) atoms. The lowest BCUT2D eigenvalue weighted by Crippen LogP contribution is -2.37. The van der Waals surface area contributed by atoms with Crippen molar-refractivity contribution in [3.05, 3.63) is 18.3 Å². The predicted octanol–water partition coefficient (Wildman–Crippen LogP) is 1.31. The van der Waals surface area contributed by atoms with Crippen LogP contribution in [0.25, 0.3) is 0 Å². The van der Waals surface area contributed by atoms with Gasteiger partial charge in [0.05, 0.1) is 0 Å². The molecule has 0 aliphatic carbocycles. The zero-order chi connectivity index (χ0) is 16.4. The van der Waals surface area contributed by atoms with Gasteiger partial charge in [0.2, 0.25) is 10.0 Å². The van der Waals surface area contributed by atoms with Crippen molar-refractivity contribution in [2.75, 3.05) is 24.5 Å². The number of rotatable bonds is 4. The Kier molecular flexibility index (Phi) is 4.54. The van der Waals surface area contributed by atoms with Crippen LogP contribution in [0.1, 0.15) is 32.1 Å². The topological polar surface area (TPSA) is 90.8 Å². The standard InChI is InChI=1S/C15H21N3O4S/c19-15(20)13-5-4-10-18(13)14-7-6-12(11-16-14)23(21,22)17-8-2-1-3-9-17/h6-7,11,13H,1-5,8-10H2,(H,19,20)/t13-/m0/s1. The summed E-state index contributed by atoms with van der Waals surface area (Å²) in [5.74, 6) is -0.346. The molecule has 1 N–H and O–H groups in total. The second kappa shape index (κ2) is 6.45. The first-order chi connectivity index (χ1) is 11.0. The summed E-state index contributed by atoms with van der Waals surface area (Å²) in [7, 11) is -3.50. The Morgan fingerprint density at radius 3 is 2.48 bits per heavy atom. The highest BCUT2D eigenvalue weighted by atomic mass is 32.2. The van der Waals surface area contributed by atoms with Crippen LogP contribution >= 0.6 is 0 Å². The summed E-state index contributed by atoms with van der Waals surface area (Å²) in [5, 5.41) is 9.23. The zero-order valence-corrected chi connectivity index (χ0v) is 13.7. The quantitative estimate of drug-likeness (QED) is 0.889. The maximum Gasteiger partial charge on any atom is 0.326 e. The van der Waals surface area contributed by atoms with Crippen molar-refractivity contribution in [1.82, 2.24) is 9.29 Å². The van der Waals surface area contributed by atoms with E-state index in [0.717, 1.165) is 25.7 Å². The maximum atomic E-state index is 12.6. The van der Waals surface area contributed by atoms with Crippen molar-refractivity contribution < 1.29 is 18.3 Å². The third kappa shape index (κ3) is 3.18. The number of anilines is 1. The van der Waals surface area contributed by atoms with E-state index in [0.29, 0.717) is 31.9 Å². The monoisotopic (exact) mass is 339 g/mol. The van der Waals surface area contributed by atoms with E-state index in [1.807, 2.05) is 0 Å². The summed E-state index contributed by atoms with van der Waals surface area (Å²) in [5.41, 5.74) is 0. The molecule has 0 spiro atoms. The summed E-state index contributed by atoms with van der Waals surface area (Å²) < 4.78 is 26.6. The van der Waals surface area contributed by atoms with Crippen LogP contribution in [-0.4, -0.2) is 54.5 Å². The number of carboxylic acids is 1. The lowest BCUT2D eigenvalue weighted by Gasteiger charge is -2.26. The van der Waals surface area contributed by atoms with Crippen LogP contribution in [0.3, 0.4) is 0 Å². The average Bonchev–Trinajstić information content (AvgIpc) is 3.06. The van der Waals surface area contributed by atoms with E-state index in [1.165, 1.54) is 16.6 Å². The molecule has 0 bridgehead atoms. The molecular weight excluding hydrogens is 318 g/mol. The molecule has 0 amide bonds. The van der Waals surface area contributed by atoms with E-state index in [-0.39, 0.29) is 4.90 Å². The first kappa shape index (κ1) is 16.2. The van der Waals surface area contributed by atoms with Gasteiger partial charge in [-0.2, -0.15) is 4.31 Å². The van der Waals surface area contributed by atoms with Gasteiger partial charge in [0.15, 0.2) is 0 Å². The van der Waals surface area contributed by atoms with Gasteiger partial charge >= 0.3 is 5.97 Å². The molecule has 0 aromatic carbocycles. The molecule has 2 saturated heterocycles. The number of sulfonamides is 1. The summed E-state index contributed by atoms with van der Waals surface area (Å²) in [4.78, 5) is 17.4. The van der Waals surface area contributed by atoms with Gasteiger partial charge in [0.25, 0.3) is 0 Å². The zero-order valence-electron chi connectivity index (χ0n) is 12.9. The van der Waals surface area contributed by atoms with Crippen molar-refractivity contribution in [3.63, 3.8) is 0 Å². The Labute approximate surface area is 136 Å². The minimum absolute atomic E-state index is 0.175. The fourth-order valence-corrected chi connectivity index (χ4v) is 4.71. The number of aliphatic carboxylic acids is 1. The largest absolute Gasteiger partial charge is 0.480 e. The summed E-state index contributed by atoms with van der Waals surface area (Å²) in [6.07, 6.45) is 5.57. The van der Waals surface area contributed by atoms with Gasteiger partial charge in [-0.25, -0.2) is 18.2 Å². The first-order valence-corrected chi connectivity index (χ1v) is 9.40. The summed E-state index contributed by atoms with van der Waals surface area (Å²) in [6, 6.07) is 2.56. The first-order valence-electron chi connectivity index (χ1n) is 7.96. The molecular formula is C15H21N3O4S. The highest BCUT2D eigenvalue weighted by Crippen LogP contribution is 2.26. The molecule has 8 heteroatoms. The lowest BCUT2D eigenvalue weighted by atomic mass is 10.2. The number of aromatic nitrogens is 1. The van der Waals surface area contributed by atoms with Crippen LogP contribution in [0.15, 0.2) is 23.2 Å². The molecule has 1 aromatic heterocycles. The smallest absolute Gasteiger partial charge is 0.326 e. The molecule has 0 radical (unpaired) electrons. The highest BCUT2D eigenvalue weighted by Gasteiger charge is 2.32. The fraction of sp³-hybridized carbons (Fsp3) is 0.600. The Morgan fingerprint density at radius 1 is 1.13 bits per heavy atom. The third-order valence-corrected chi connectivity index (χ3v) is 6.39. The molecule has 7 nitrogen and oxygen atoms in total. The normalized spacial score (nSPS) is 23.1. The lowest BCUT2D eigenvalue weighted by molar-refractivity contribution is -0.138. The van der Waals surface area contributed by atoms with Crippen LogP contribution in [0, 0.1) is 0 Å². The highest BCUT2D eigenvalue weighted by molar-refractivity contribution is 7.89. The fourth-order valence-electron chi connectivity index (χ4n) is 3.25. The number of hydrogen-bond donors (Lipinski definition) is 1. The number of carbonyl (C=O) groups is 1. The Bertz CT molecular complexity index is 668. The molecule has 126 valence electrons. The van der Waals surface area contributed by atoms with Gasteiger partial charge in [0, 0.05) is 25.8 Å². The number of pyridine rings is 1. The van der Waals surface area contributed by atoms with Gasteiger partial charge in [-0.3, -0.25) is 0 Å². The second-order valence-electron chi connectivity index (χ2n) is 6.01. The molecule has 2 aliphatic heterocycles. The van der Waals surface area contributed by atoms with E-state index in [9.17, 15) is 18.3 Å². The summed E-state index contributed by atoms with van der Waals surface area (Å²) in [6.45, 7) is 1.73. The molecule has 1 atom stereocenters. The van der Waals surface area contributed by atoms with Gasteiger partial charge in [-0.15, -0.1) is 0 Å². The van der Waals surface area contributed by atoms with Crippen LogP contribution < -0.4 is 4.90 Å². The van der Waals surface area contributed by atoms with E-state index in [4.69, 9.17) is 0 Å². The summed E-state index contributed by atoms with van der Waals surface area (Å²) >= 11 is 0. The molecule has 3 rings (SSSR count). The Balaban J connectivity index is 1.80. The van der Waals surface area contributed by atoms with Gasteiger partial charge in [0.1, 0.15) is 16.8 Å². The maximum absolute atomic E-state index is 12.6. The van der Waals surface area contributed by atoms with Crippen LogP contribution in [0.4, 0.5) is 5.82 Å². The molecule has 0 saturated carbocycles. The van der Waals surface area contributed by atoms with Crippen LogP contribution in [0.2, 0.25) is 0 Å². The molecule has 0 unspecified atom stereocenters. The Hall–Kier alpha value is -1.67. The number of carboxylic acid groups (broad SMARTS) is 1. The van der Waals surface area contributed by atoms with Crippen LogP contribution in [-0.2, 0) is 14.8 Å². The number of hydrogen-bond acceptors (Lipinski definition) is 5. The SMILES string of the molecule is O=C(O)[C@@H]1CCCN1c1ccc(S(=O)(=O)N2CCCCC2)cn1. The van der Waals surface area contributed by atoms with Gasteiger partial charge < -0.3 is 10.0 Å². The van der Waals surface area contributed by atoms with Crippen molar-refractivity contribution in [2.45, 2.75) is 43.0 Å². The van der Waals surface area contributed by atoms with E-state index in [1.54, 1.807) is 11.0 Å². The van der Waals surface area contributed by atoms with E-state index in [2.05, 4.69) is 4.98 Å². The minimum Gasteiger partial charge on any atom is -0.480 e. The third-order valence-electron chi connectivity index (χ3n) is 4.51. The van der Waals surface area contributed by atoms with Crippen molar-refractivity contribution in [3.8, 4) is 0 Å². The average molecular weight is 339 g/mol. The van der Waals surface area contributed by atoms with Crippen molar-refractivity contribution >= 4 is 21.8 Å². The van der Waals surface area contributed by atoms with Crippen molar-refractivity contribution in [2.24, 2.45) is 0 Å². The minimum atomic E-state index is -3.50. The van der Waals surface area contributed by atoms with E-state index < -0.39 is 22.0 Å². The van der Waals surface area contributed by atoms with E-state index >= 15 is 0 Å². The molecule has 2 fully saturated rings. The van der Waals surface area contributed by atoms with Crippen molar-refractivity contribution in [1.29, 1.82) is 0 Å². The van der Waals surface area contributed by atoms with Gasteiger partial charge in [-0.05, 0) is 37.8 Å². The number of nitrogens with zero attached hydrogens (tertiary/aromatic N) is 3. The second-order valence-corrected chi connectivity index (χ2v) is 7.94. The van der Waals surface area contributed by atoms with Gasteiger partial charge in [-0.1, -0.05) is 6.42 Å². The molecule has 3 heterocycles. The predicted molar refractivity (Wildman–Crippen MR) is 84.9 cm³/mol. The van der Waals surface area contributed by atoms with Crippen LogP contribution in [0.5, 0.6) is 0 Å². The Morgan fingerprint density at radius 2 is 1.87 bits per heavy atom.